The van der Waals surface area contributed by atoms with Crippen molar-refractivity contribution in [3.63, 3.8) is 0 Å². The number of ether oxygens (including phenoxy) is 1. The van der Waals surface area contributed by atoms with Crippen LogP contribution in [-0.2, 0) is 22.5 Å². The lowest BCUT2D eigenvalue weighted by Crippen LogP contribution is -2.38. The summed E-state index contributed by atoms with van der Waals surface area (Å²) in [6.45, 7) is 11.4. The summed E-state index contributed by atoms with van der Waals surface area (Å²) >= 11 is -0.0236. The first-order chi connectivity index (χ1) is 15.6. The van der Waals surface area contributed by atoms with Crippen molar-refractivity contribution in [2.24, 2.45) is 0 Å². The maximum Gasteiger partial charge on any atom is 0.267 e. The average Bonchev–Trinajstić information content (AvgIpc) is 3.18. The number of fused-ring (bicyclic) bond motifs is 1. The van der Waals surface area contributed by atoms with E-state index in [-0.39, 0.29) is 20.7 Å². The summed E-state index contributed by atoms with van der Waals surface area (Å²) in [6.07, 6.45) is 6.69. The van der Waals surface area contributed by atoms with Gasteiger partial charge in [-0.15, -0.1) is 0 Å². The molecule has 0 spiro atoms. The molecule has 0 radical (unpaired) electrons. The zero-order valence-electron chi connectivity index (χ0n) is 18.5. The second-order valence-corrected chi connectivity index (χ2v) is 10.0. The third-order valence-electron chi connectivity index (χ3n) is 5.36. The number of morpholine rings is 1. The minimum absolute atomic E-state index is 0.0236. The van der Waals surface area contributed by atoms with Crippen molar-refractivity contribution >= 4 is 47.8 Å². The van der Waals surface area contributed by atoms with Crippen molar-refractivity contribution in [1.29, 1.82) is 0 Å². The highest BCUT2D eigenvalue weighted by Crippen LogP contribution is 2.22. The van der Waals surface area contributed by atoms with E-state index in [4.69, 9.17) is 14.9 Å². The van der Waals surface area contributed by atoms with Crippen molar-refractivity contribution in [3.8, 4) is 0 Å². The van der Waals surface area contributed by atoms with Gasteiger partial charge in [-0.2, -0.15) is 0 Å². The van der Waals surface area contributed by atoms with Gasteiger partial charge in [-0.3, -0.25) is 14.9 Å². The van der Waals surface area contributed by atoms with Crippen LogP contribution in [-0.4, -0.2) is 62.4 Å². The number of carbonyl (C=O) groups excluding carboxylic acids is 1. The predicted octanol–water partition coefficient (Wildman–Crippen LogP) is 3.68. The number of benzene rings is 1. The Morgan fingerprint density at radius 2 is 2.16 bits per heavy atom. The van der Waals surface area contributed by atoms with Crippen molar-refractivity contribution < 1.29 is 14.7 Å². The summed E-state index contributed by atoms with van der Waals surface area (Å²) in [5.41, 5.74) is 5.75. The molecule has 1 aliphatic heterocycles. The van der Waals surface area contributed by atoms with Crippen LogP contribution in [0.2, 0.25) is 0 Å². The van der Waals surface area contributed by atoms with Gasteiger partial charge in [0.15, 0.2) is 0 Å². The Morgan fingerprint density at radius 3 is 2.88 bits per heavy atom. The van der Waals surface area contributed by atoms with E-state index in [0.29, 0.717) is 0 Å². The summed E-state index contributed by atoms with van der Waals surface area (Å²) < 4.78 is 12.4. The number of hydrogen-bond donors (Lipinski definition) is 2. The van der Waals surface area contributed by atoms with Crippen LogP contribution in [0.1, 0.15) is 24.7 Å². The van der Waals surface area contributed by atoms with Gasteiger partial charge in [-0.25, -0.2) is 10.5 Å². The van der Waals surface area contributed by atoms with E-state index in [2.05, 4.69) is 37.1 Å². The van der Waals surface area contributed by atoms with Gasteiger partial charge in [-0.1, -0.05) is 43.5 Å². The summed E-state index contributed by atoms with van der Waals surface area (Å²) in [7, 11) is 0. The fourth-order valence-corrected chi connectivity index (χ4v) is 5.00. The number of carbonyl (C=O) groups is 1. The molecule has 3 rings (SSSR count). The first-order valence-electron chi connectivity index (χ1n) is 10.8. The molecule has 0 bridgehead atoms. The van der Waals surface area contributed by atoms with E-state index >= 15 is 0 Å². The minimum Gasteiger partial charge on any atom is -0.379 e. The number of aromatic nitrogens is 2. The summed E-state index contributed by atoms with van der Waals surface area (Å²) in [6, 6.07) is 6.01. The molecule has 0 saturated carbocycles. The van der Waals surface area contributed by atoms with Crippen LogP contribution in [0.4, 0.5) is 0 Å². The lowest BCUT2D eigenvalue weighted by molar-refractivity contribution is -0.124. The molecule has 0 aliphatic carbocycles. The molecule has 7 nitrogen and oxygen atoms in total. The fraction of sp³-hybridized carbons (Fsp3) is 0.375. The van der Waals surface area contributed by atoms with Gasteiger partial charge in [-0.05, 0) is 46.8 Å². The number of allylic oxidation sites excluding steroid dienone is 2. The van der Waals surface area contributed by atoms with Gasteiger partial charge < -0.3 is 9.30 Å². The van der Waals surface area contributed by atoms with Gasteiger partial charge in [0.2, 0.25) is 0 Å². The first-order valence-corrected chi connectivity index (χ1v) is 13.3. The monoisotopic (exact) mass is 550 g/mol. The molecule has 0 atom stereocenters. The number of nitrogens with one attached hydrogen (secondary N) is 1. The molecule has 1 fully saturated rings. The summed E-state index contributed by atoms with van der Waals surface area (Å²) in [5.74, 6) is 0.506. The highest BCUT2D eigenvalue weighted by Gasteiger charge is 2.15. The van der Waals surface area contributed by atoms with Crippen LogP contribution in [0, 0.1) is 0 Å². The van der Waals surface area contributed by atoms with Crippen LogP contribution >= 0.6 is 20.7 Å². The van der Waals surface area contributed by atoms with Crippen molar-refractivity contribution in [2.45, 2.75) is 26.3 Å². The second kappa shape index (κ2) is 12.8. The van der Waals surface area contributed by atoms with E-state index in [0.717, 1.165) is 74.7 Å². The molecular formula is C24H31IN4O3. The molecule has 2 heterocycles. The summed E-state index contributed by atoms with van der Waals surface area (Å²) in [4.78, 5) is 18.7. The Labute approximate surface area is 199 Å². The molecule has 2 aromatic rings. The standard InChI is InChI=1S/C24H31IN4O3/c1-3-19(18-25-4-2)6-9-23-26-21-17-20(7-10-24(30)27-31)5-8-22(21)29(23)12-11-28-13-15-32-16-14-28/h3-5,7-8,10,17-18,31H,1,6,9,11-16H2,2H3,(H,27,30)/b10-7+,19-18+. The maximum absolute atomic E-state index is 11.3. The van der Waals surface area contributed by atoms with Gasteiger partial charge in [0.05, 0.1) is 24.2 Å². The smallest absolute Gasteiger partial charge is 0.267 e. The SMILES string of the molecule is C=C/C(=C\I=CC)CCc1nc2cc(/C=C/C(=O)NO)ccc2n1CCN1CCOCC1. The Balaban J connectivity index is 1.86. The lowest BCUT2D eigenvalue weighted by Gasteiger charge is -2.27. The molecule has 1 aliphatic rings. The fourth-order valence-electron chi connectivity index (χ4n) is 3.62. The number of amides is 1. The highest BCUT2D eigenvalue weighted by atomic mass is 127. The number of halogens is 1. The van der Waals surface area contributed by atoms with Crippen molar-refractivity contribution in [1.82, 2.24) is 19.9 Å². The number of hydrogen-bond acceptors (Lipinski definition) is 5. The first kappa shape index (κ1) is 24.5. The van der Waals surface area contributed by atoms with Crippen LogP contribution in [0.5, 0.6) is 0 Å². The van der Waals surface area contributed by atoms with E-state index in [1.54, 1.807) is 11.6 Å². The van der Waals surface area contributed by atoms with Gasteiger partial charge in [0.1, 0.15) is 5.82 Å². The predicted molar refractivity (Wildman–Crippen MR) is 138 cm³/mol. The van der Waals surface area contributed by atoms with E-state index in [1.807, 2.05) is 18.2 Å². The summed E-state index contributed by atoms with van der Waals surface area (Å²) in [5, 5.41) is 8.68. The highest BCUT2D eigenvalue weighted by molar-refractivity contribution is 14.2. The Kier molecular flexibility index (Phi) is 9.79. The molecule has 1 aromatic heterocycles. The van der Waals surface area contributed by atoms with Crippen LogP contribution in [0.3, 0.4) is 0 Å². The molecule has 2 N–H and O–H groups in total. The molecule has 1 saturated heterocycles. The molecule has 1 amide bonds. The minimum atomic E-state index is -0.558. The number of imidazole rings is 1. The van der Waals surface area contributed by atoms with Gasteiger partial charge >= 0.3 is 0 Å². The quantitative estimate of drug-likeness (QED) is 0.155. The third-order valence-corrected chi connectivity index (χ3v) is 7.24. The van der Waals surface area contributed by atoms with E-state index in [9.17, 15) is 4.79 Å². The molecular weight excluding hydrogens is 519 g/mol. The number of aryl methyl sites for hydroxylation is 1. The maximum atomic E-state index is 11.3. The Hall–Kier alpha value is -2.14. The van der Waals surface area contributed by atoms with Gasteiger partial charge in [0.25, 0.3) is 5.91 Å². The second-order valence-electron chi connectivity index (χ2n) is 7.42. The molecule has 8 heteroatoms. The third kappa shape index (κ3) is 6.93. The zero-order chi connectivity index (χ0) is 22.8. The number of nitrogens with zero attached hydrogens (tertiary/aromatic N) is 3. The molecule has 0 unspecified atom stereocenters. The normalized spacial score (nSPS) is 16.0. The Bertz CT molecular complexity index is 1020. The molecule has 172 valence electrons. The zero-order valence-corrected chi connectivity index (χ0v) is 20.6. The van der Waals surface area contributed by atoms with E-state index in [1.165, 1.54) is 11.6 Å². The van der Waals surface area contributed by atoms with E-state index < -0.39 is 5.91 Å². The largest absolute Gasteiger partial charge is 0.379 e. The van der Waals surface area contributed by atoms with Crippen LogP contribution in [0.15, 0.2) is 46.6 Å². The Morgan fingerprint density at radius 1 is 1.34 bits per heavy atom. The number of hydroxylamine groups is 1. The van der Waals surface area contributed by atoms with Crippen molar-refractivity contribution in [3.05, 3.63) is 58.0 Å². The topological polar surface area (TPSA) is 79.6 Å². The van der Waals surface area contributed by atoms with Crippen LogP contribution in [0.25, 0.3) is 17.1 Å². The van der Waals surface area contributed by atoms with Gasteiger partial charge in [0, 0.05) is 38.7 Å². The van der Waals surface area contributed by atoms with Crippen LogP contribution < -0.4 is 5.48 Å². The lowest BCUT2D eigenvalue weighted by atomic mass is 10.1. The average molecular weight is 550 g/mol. The molecule has 32 heavy (non-hydrogen) atoms. The van der Waals surface area contributed by atoms with Crippen molar-refractivity contribution in [2.75, 3.05) is 32.8 Å². The molecule has 1 aromatic carbocycles. The number of rotatable bonds is 10.